The van der Waals surface area contributed by atoms with Gasteiger partial charge in [-0.25, -0.2) is 0 Å². The molecule has 0 spiro atoms. The molecule has 0 saturated carbocycles. The Bertz CT molecular complexity index is 415. The highest BCUT2D eigenvalue weighted by Crippen LogP contribution is 2.09. The second-order valence-corrected chi connectivity index (χ2v) is 6.26. The maximum Gasteiger partial charge on any atom is 0.0544 e. The quantitative estimate of drug-likeness (QED) is 0.843. The zero-order valence-corrected chi connectivity index (χ0v) is 12.3. The fourth-order valence-electron chi connectivity index (χ4n) is 2.08. The van der Waals surface area contributed by atoms with Gasteiger partial charge in [0.05, 0.1) is 5.69 Å². The third-order valence-corrected chi connectivity index (χ3v) is 3.24. The Morgan fingerprint density at radius 2 is 2.11 bits per heavy atom. The van der Waals surface area contributed by atoms with Gasteiger partial charge in [-0.15, -0.1) is 0 Å². The smallest absolute Gasteiger partial charge is 0.0544 e. The fraction of sp³-hybridized carbons (Fsp3) is 0.562. The molecule has 0 radical (unpaired) electrons. The minimum atomic E-state index is 0.152. The number of rotatable bonds is 4. The number of aromatic nitrogens is 1. The summed E-state index contributed by atoms with van der Waals surface area (Å²) in [5.41, 5.74) is 2.56. The molecule has 0 amide bonds. The monoisotopic (exact) mass is 259 g/mol. The van der Waals surface area contributed by atoms with Gasteiger partial charge in [0.1, 0.15) is 0 Å². The SMILES string of the molecule is CC(C)(C)NCc1ccc(CN2CC=CCC2)nc1. The molecule has 1 aromatic heterocycles. The summed E-state index contributed by atoms with van der Waals surface area (Å²) in [6.07, 6.45) is 7.65. The van der Waals surface area contributed by atoms with Crippen molar-refractivity contribution in [1.82, 2.24) is 15.2 Å². The molecule has 1 aliphatic heterocycles. The van der Waals surface area contributed by atoms with E-state index in [1.54, 1.807) is 0 Å². The lowest BCUT2D eigenvalue weighted by Crippen LogP contribution is -2.35. The zero-order chi connectivity index (χ0) is 13.7. The van der Waals surface area contributed by atoms with E-state index in [4.69, 9.17) is 0 Å². The van der Waals surface area contributed by atoms with E-state index in [1.807, 2.05) is 6.20 Å². The lowest BCUT2D eigenvalue weighted by molar-refractivity contribution is 0.287. The predicted octanol–water partition coefficient (Wildman–Crippen LogP) is 2.73. The van der Waals surface area contributed by atoms with E-state index in [1.165, 1.54) is 5.56 Å². The van der Waals surface area contributed by atoms with Crippen LogP contribution in [0.4, 0.5) is 0 Å². The summed E-state index contributed by atoms with van der Waals surface area (Å²) in [6, 6.07) is 4.33. The van der Waals surface area contributed by atoms with Crippen LogP contribution in [0.25, 0.3) is 0 Å². The Kier molecular flexibility index (Phi) is 4.72. The average molecular weight is 259 g/mol. The van der Waals surface area contributed by atoms with E-state index in [2.05, 4.69) is 60.3 Å². The highest BCUT2D eigenvalue weighted by Gasteiger charge is 2.09. The van der Waals surface area contributed by atoms with Crippen LogP contribution in [0, 0.1) is 0 Å². The normalized spacial score (nSPS) is 16.8. The van der Waals surface area contributed by atoms with Gasteiger partial charge in [-0.1, -0.05) is 18.2 Å². The van der Waals surface area contributed by atoms with Gasteiger partial charge in [0.2, 0.25) is 0 Å². The molecule has 2 heterocycles. The Morgan fingerprint density at radius 3 is 2.68 bits per heavy atom. The van der Waals surface area contributed by atoms with E-state index < -0.39 is 0 Å². The number of nitrogens with one attached hydrogen (secondary N) is 1. The number of hydrogen-bond donors (Lipinski definition) is 1. The zero-order valence-electron chi connectivity index (χ0n) is 12.3. The van der Waals surface area contributed by atoms with E-state index in [-0.39, 0.29) is 5.54 Å². The highest BCUT2D eigenvalue weighted by atomic mass is 15.1. The summed E-state index contributed by atoms with van der Waals surface area (Å²) in [7, 11) is 0. The van der Waals surface area contributed by atoms with Crippen LogP contribution in [-0.2, 0) is 13.1 Å². The number of pyridine rings is 1. The molecule has 19 heavy (non-hydrogen) atoms. The van der Waals surface area contributed by atoms with E-state index >= 15 is 0 Å². The van der Waals surface area contributed by atoms with Crippen molar-refractivity contribution in [2.45, 2.75) is 45.8 Å². The molecule has 1 N–H and O–H groups in total. The molecule has 1 aliphatic rings. The summed E-state index contributed by atoms with van der Waals surface area (Å²) in [5.74, 6) is 0. The molecule has 0 saturated heterocycles. The van der Waals surface area contributed by atoms with Crippen molar-refractivity contribution in [3.63, 3.8) is 0 Å². The van der Waals surface area contributed by atoms with Crippen molar-refractivity contribution >= 4 is 0 Å². The van der Waals surface area contributed by atoms with Gasteiger partial charge in [-0.3, -0.25) is 9.88 Å². The van der Waals surface area contributed by atoms with Gasteiger partial charge in [0.15, 0.2) is 0 Å². The van der Waals surface area contributed by atoms with Crippen LogP contribution in [0.15, 0.2) is 30.5 Å². The molecule has 3 heteroatoms. The van der Waals surface area contributed by atoms with E-state index in [0.29, 0.717) is 0 Å². The topological polar surface area (TPSA) is 28.2 Å². The summed E-state index contributed by atoms with van der Waals surface area (Å²) in [6.45, 7) is 10.6. The molecule has 0 aliphatic carbocycles. The third kappa shape index (κ3) is 5.13. The number of nitrogens with zero attached hydrogens (tertiary/aromatic N) is 2. The summed E-state index contributed by atoms with van der Waals surface area (Å²) in [5, 5.41) is 3.48. The standard InChI is InChI=1S/C16H25N3/c1-16(2,3)18-12-14-7-8-15(17-11-14)13-19-9-5-4-6-10-19/h4-5,7-8,11,18H,6,9-10,12-13H2,1-3H3. The first-order valence-electron chi connectivity index (χ1n) is 7.09. The summed E-state index contributed by atoms with van der Waals surface area (Å²) < 4.78 is 0. The molecule has 104 valence electrons. The summed E-state index contributed by atoms with van der Waals surface area (Å²) in [4.78, 5) is 6.99. The molecule has 3 nitrogen and oxygen atoms in total. The summed E-state index contributed by atoms with van der Waals surface area (Å²) >= 11 is 0. The van der Waals surface area contributed by atoms with Gasteiger partial charge < -0.3 is 5.32 Å². The van der Waals surface area contributed by atoms with Gasteiger partial charge in [0.25, 0.3) is 0 Å². The molecule has 0 aromatic carbocycles. The largest absolute Gasteiger partial charge is 0.308 e. The molecular weight excluding hydrogens is 234 g/mol. The Balaban J connectivity index is 1.85. The molecule has 2 rings (SSSR count). The lowest BCUT2D eigenvalue weighted by Gasteiger charge is -2.23. The first kappa shape index (κ1) is 14.2. The number of hydrogen-bond acceptors (Lipinski definition) is 3. The first-order chi connectivity index (χ1) is 9.03. The first-order valence-corrected chi connectivity index (χ1v) is 7.09. The van der Waals surface area contributed by atoms with Crippen LogP contribution < -0.4 is 5.32 Å². The fourth-order valence-corrected chi connectivity index (χ4v) is 2.08. The predicted molar refractivity (Wildman–Crippen MR) is 79.9 cm³/mol. The molecule has 0 atom stereocenters. The maximum atomic E-state index is 4.57. The Morgan fingerprint density at radius 1 is 1.26 bits per heavy atom. The van der Waals surface area contributed by atoms with Crippen LogP contribution in [0.3, 0.4) is 0 Å². The van der Waals surface area contributed by atoms with Crippen molar-refractivity contribution in [3.05, 3.63) is 41.7 Å². The Hall–Kier alpha value is -1.19. The highest BCUT2D eigenvalue weighted by molar-refractivity contribution is 5.14. The average Bonchev–Trinajstić information content (AvgIpc) is 2.38. The molecule has 0 bridgehead atoms. The molecule has 1 aromatic rings. The van der Waals surface area contributed by atoms with E-state index in [0.717, 1.165) is 38.3 Å². The van der Waals surface area contributed by atoms with Gasteiger partial charge in [0, 0.05) is 37.9 Å². The lowest BCUT2D eigenvalue weighted by atomic mass is 10.1. The van der Waals surface area contributed by atoms with Crippen LogP contribution in [-0.4, -0.2) is 28.5 Å². The minimum Gasteiger partial charge on any atom is -0.308 e. The van der Waals surface area contributed by atoms with E-state index in [9.17, 15) is 0 Å². The maximum absolute atomic E-state index is 4.57. The van der Waals surface area contributed by atoms with Crippen LogP contribution in [0.5, 0.6) is 0 Å². The second-order valence-electron chi connectivity index (χ2n) is 6.26. The van der Waals surface area contributed by atoms with Crippen molar-refractivity contribution in [2.75, 3.05) is 13.1 Å². The molecule has 0 unspecified atom stereocenters. The Labute approximate surface area is 116 Å². The van der Waals surface area contributed by atoms with Crippen LogP contribution >= 0.6 is 0 Å². The van der Waals surface area contributed by atoms with Gasteiger partial charge in [-0.05, 0) is 38.8 Å². The molecular formula is C16H25N3. The van der Waals surface area contributed by atoms with Gasteiger partial charge >= 0.3 is 0 Å². The van der Waals surface area contributed by atoms with Crippen molar-refractivity contribution in [1.29, 1.82) is 0 Å². The minimum absolute atomic E-state index is 0.152. The van der Waals surface area contributed by atoms with Gasteiger partial charge in [-0.2, -0.15) is 0 Å². The second kappa shape index (κ2) is 6.31. The third-order valence-electron chi connectivity index (χ3n) is 3.24. The van der Waals surface area contributed by atoms with Crippen LogP contribution in [0.1, 0.15) is 38.4 Å². The molecule has 0 fully saturated rings. The van der Waals surface area contributed by atoms with Crippen molar-refractivity contribution in [2.24, 2.45) is 0 Å². The van der Waals surface area contributed by atoms with Crippen LogP contribution in [0.2, 0.25) is 0 Å². The van der Waals surface area contributed by atoms with Crippen molar-refractivity contribution in [3.8, 4) is 0 Å². The van der Waals surface area contributed by atoms with Crippen molar-refractivity contribution < 1.29 is 0 Å².